The smallest absolute Gasteiger partial charge is 0.263 e. The van der Waals surface area contributed by atoms with Crippen molar-refractivity contribution in [2.24, 2.45) is 5.41 Å². The lowest BCUT2D eigenvalue weighted by atomic mass is 9.92. The lowest BCUT2D eigenvalue weighted by Crippen LogP contribution is -2.09. The van der Waals surface area contributed by atoms with Crippen molar-refractivity contribution in [2.45, 2.75) is 27.2 Å². The number of hydrogen-bond acceptors (Lipinski definition) is 3. The van der Waals surface area contributed by atoms with Crippen LogP contribution < -0.4 is 0 Å². The molecule has 0 aromatic carbocycles. The van der Waals surface area contributed by atoms with Crippen molar-refractivity contribution in [2.75, 3.05) is 0 Å². The largest absolute Gasteiger partial charge is 0.338 e. The molecule has 0 atom stereocenters. The number of aromatic nitrogens is 2. The van der Waals surface area contributed by atoms with Gasteiger partial charge in [-0.15, -0.1) is 0 Å². The SMILES string of the molecule is CC(C)(C)Cc1nc(Cl)no1. The summed E-state index contributed by atoms with van der Waals surface area (Å²) < 4.78 is 4.85. The van der Waals surface area contributed by atoms with E-state index in [0.717, 1.165) is 6.42 Å². The van der Waals surface area contributed by atoms with Gasteiger partial charge in [-0.2, -0.15) is 4.98 Å². The molecule has 0 unspecified atom stereocenters. The fourth-order valence-corrected chi connectivity index (χ4v) is 0.888. The maximum atomic E-state index is 5.47. The molecule has 0 N–H and O–H groups in total. The van der Waals surface area contributed by atoms with Crippen LogP contribution in [0.3, 0.4) is 0 Å². The van der Waals surface area contributed by atoms with E-state index >= 15 is 0 Å². The number of nitrogens with zero attached hydrogens (tertiary/aromatic N) is 2. The Bertz CT molecular complexity index is 239. The van der Waals surface area contributed by atoms with Gasteiger partial charge in [-0.3, -0.25) is 0 Å². The Kier molecular flexibility index (Phi) is 2.18. The molecule has 1 heterocycles. The standard InChI is InChI=1S/C7H11ClN2O/c1-7(2,3)4-5-9-6(8)10-11-5/h4H2,1-3H3. The third-order valence-electron chi connectivity index (χ3n) is 1.12. The molecule has 3 nitrogen and oxygen atoms in total. The van der Waals surface area contributed by atoms with Crippen molar-refractivity contribution in [1.29, 1.82) is 0 Å². The first-order valence-corrected chi connectivity index (χ1v) is 3.83. The molecule has 0 bridgehead atoms. The van der Waals surface area contributed by atoms with Crippen LogP contribution in [0, 0.1) is 5.41 Å². The maximum absolute atomic E-state index is 5.47. The highest BCUT2D eigenvalue weighted by Gasteiger charge is 2.15. The van der Waals surface area contributed by atoms with Gasteiger partial charge in [0.15, 0.2) is 0 Å². The van der Waals surface area contributed by atoms with Gasteiger partial charge in [0.2, 0.25) is 5.89 Å². The average molecular weight is 175 g/mol. The minimum absolute atomic E-state index is 0.163. The summed E-state index contributed by atoms with van der Waals surface area (Å²) in [6.07, 6.45) is 0.757. The summed E-state index contributed by atoms with van der Waals surface area (Å²) in [7, 11) is 0. The highest BCUT2D eigenvalue weighted by molar-refractivity contribution is 6.28. The molecule has 0 amide bonds. The molecular formula is C7H11ClN2O. The van der Waals surface area contributed by atoms with Crippen LogP contribution in [0.15, 0.2) is 4.52 Å². The monoisotopic (exact) mass is 174 g/mol. The molecule has 0 saturated heterocycles. The average Bonchev–Trinajstić information content (AvgIpc) is 2.10. The first-order chi connectivity index (χ1) is 4.97. The second-order valence-electron chi connectivity index (χ2n) is 3.69. The number of halogens is 1. The molecule has 0 radical (unpaired) electrons. The lowest BCUT2D eigenvalue weighted by Gasteiger charge is -2.13. The fraction of sp³-hybridized carbons (Fsp3) is 0.714. The Morgan fingerprint density at radius 1 is 1.45 bits per heavy atom. The zero-order valence-electron chi connectivity index (χ0n) is 6.89. The van der Waals surface area contributed by atoms with E-state index in [4.69, 9.17) is 16.1 Å². The van der Waals surface area contributed by atoms with E-state index in [0.29, 0.717) is 5.89 Å². The fourth-order valence-electron chi connectivity index (χ4n) is 0.760. The van der Waals surface area contributed by atoms with Crippen molar-refractivity contribution in [3.63, 3.8) is 0 Å². The highest BCUT2D eigenvalue weighted by atomic mass is 35.5. The second kappa shape index (κ2) is 2.81. The molecule has 0 aliphatic carbocycles. The minimum Gasteiger partial charge on any atom is -0.338 e. The summed E-state index contributed by atoms with van der Waals surface area (Å²) in [5.41, 5.74) is 0.163. The van der Waals surface area contributed by atoms with Gasteiger partial charge < -0.3 is 4.52 Å². The molecule has 0 saturated carbocycles. The van der Waals surface area contributed by atoms with Crippen molar-refractivity contribution in [3.05, 3.63) is 11.2 Å². The highest BCUT2D eigenvalue weighted by Crippen LogP contribution is 2.19. The molecule has 0 aliphatic rings. The van der Waals surface area contributed by atoms with Gasteiger partial charge in [0.05, 0.1) is 0 Å². The van der Waals surface area contributed by atoms with E-state index in [1.807, 2.05) is 0 Å². The molecular weight excluding hydrogens is 164 g/mol. The van der Waals surface area contributed by atoms with Gasteiger partial charge in [-0.25, -0.2) is 0 Å². The van der Waals surface area contributed by atoms with Gasteiger partial charge in [0.25, 0.3) is 5.28 Å². The van der Waals surface area contributed by atoms with Crippen LogP contribution in [-0.2, 0) is 6.42 Å². The van der Waals surface area contributed by atoms with Gasteiger partial charge in [-0.05, 0) is 22.2 Å². The number of hydrogen-bond donors (Lipinski definition) is 0. The van der Waals surface area contributed by atoms with Crippen LogP contribution in [0.4, 0.5) is 0 Å². The molecule has 4 heteroatoms. The quantitative estimate of drug-likeness (QED) is 0.656. The summed E-state index contributed by atoms with van der Waals surface area (Å²) in [4.78, 5) is 3.88. The zero-order valence-corrected chi connectivity index (χ0v) is 7.64. The molecule has 0 aliphatic heterocycles. The van der Waals surface area contributed by atoms with Gasteiger partial charge in [0, 0.05) is 6.42 Å². The van der Waals surface area contributed by atoms with Crippen LogP contribution in [0.25, 0.3) is 0 Å². The normalized spacial score (nSPS) is 12.0. The van der Waals surface area contributed by atoms with Crippen LogP contribution >= 0.6 is 11.6 Å². The van der Waals surface area contributed by atoms with Crippen molar-refractivity contribution >= 4 is 11.6 Å². The Hall–Kier alpha value is -0.570. The first-order valence-electron chi connectivity index (χ1n) is 3.45. The molecule has 1 rings (SSSR count). The van der Waals surface area contributed by atoms with E-state index in [2.05, 4.69) is 30.9 Å². The summed E-state index contributed by atoms with van der Waals surface area (Å²) in [6.45, 7) is 6.31. The van der Waals surface area contributed by atoms with E-state index in [-0.39, 0.29) is 10.7 Å². The summed E-state index contributed by atoms with van der Waals surface area (Å²) in [5.74, 6) is 0.600. The van der Waals surface area contributed by atoms with E-state index in [9.17, 15) is 0 Å². The topological polar surface area (TPSA) is 38.9 Å². The lowest BCUT2D eigenvalue weighted by molar-refractivity contribution is 0.313. The van der Waals surface area contributed by atoms with Crippen molar-refractivity contribution in [1.82, 2.24) is 10.1 Å². The maximum Gasteiger partial charge on any atom is 0.263 e. The van der Waals surface area contributed by atoms with Crippen LogP contribution in [0.1, 0.15) is 26.7 Å². The third-order valence-corrected chi connectivity index (χ3v) is 1.28. The van der Waals surface area contributed by atoms with Crippen molar-refractivity contribution in [3.8, 4) is 0 Å². The van der Waals surface area contributed by atoms with Crippen LogP contribution in [-0.4, -0.2) is 10.1 Å². The van der Waals surface area contributed by atoms with E-state index in [1.165, 1.54) is 0 Å². The van der Waals surface area contributed by atoms with Crippen molar-refractivity contribution < 1.29 is 4.52 Å². The Morgan fingerprint density at radius 2 is 2.09 bits per heavy atom. The number of rotatable bonds is 1. The zero-order chi connectivity index (χ0) is 8.48. The predicted molar refractivity (Wildman–Crippen MR) is 42.5 cm³/mol. The van der Waals surface area contributed by atoms with Gasteiger partial charge in [-0.1, -0.05) is 20.8 Å². The van der Waals surface area contributed by atoms with Gasteiger partial charge >= 0.3 is 0 Å². The second-order valence-corrected chi connectivity index (χ2v) is 4.03. The molecule has 1 aromatic heterocycles. The summed E-state index contributed by atoms with van der Waals surface area (Å²) >= 11 is 5.47. The first kappa shape index (κ1) is 8.53. The van der Waals surface area contributed by atoms with Crippen LogP contribution in [0.5, 0.6) is 0 Å². The predicted octanol–water partition coefficient (Wildman–Crippen LogP) is 2.31. The Morgan fingerprint density at radius 3 is 2.45 bits per heavy atom. The Balaban J connectivity index is 2.65. The van der Waals surface area contributed by atoms with E-state index in [1.54, 1.807) is 0 Å². The summed E-state index contributed by atoms with van der Waals surface area (Å²) in [5, 5.41) is 3.66. The molecule has 1 aromatic rings. The molecule has 62 valence electrons. The molecule has 11 heavy (non-hydrogen) atoms. The minimum atomic E-state index is 0.163. The van der Waals surface area contributed by atoms with Crippen LogP contribution in [0.2, 0.25) is 5.28 Å². The van der Waals surface area contributed by atoms with E-state index < -0.39 is 0 Å². The Labute approximate surface area is 70.7 Å². The molecule has 0 spiro atoms. The third kappa shape index (κ3) is 2.89. The summed E-state index contributed by atoms with van der Waals surface area (Å²) in [6, 6.07) is 0. The molecule has 0 fully saturated rings. The van der Waals surface area contributed by atoms with Gasteiger partial charge in [0.1, 0.15) is 0 Å².